The Labute approximate surface area is 160 Å². The monoisotopic (exact) mass is 368 g/mol. The van der Waals surface area contributed by atoms with Crippen LogP contribution in [0.15, 0.2) is 18.3 Å². The highest BCUT2D eigenvalue weighted by atomic mass is 16.5. The van der Waals surface area contributed by atoms with E-state index in [4.69, 9.17) is 14.7 Å². The minimum atomic E-state index is 0.0646. The second-order valence-corrected chi connectivity index (χ2v) is 7.26. The molecule has 0 saturated carbocycles. The molecule has 1 atom stereocenters. The maximum atomic E-state index is 9.71. The minimum Gasteiger partial charge on any atom is -0.480 e. The lowest BCUT2D eigenvalue weighted by molar-refractivity contribution is 0.263. The van der Waals surface area contributed by atoms with Crippen LogP contribution in [0, 0.1) is 6.92 Å². The summed E-state index contributed by atoms with van der Waals surface area (Å²) < 4.78 is 7.52. The maximum Gasteiger partial charge on any atom is 0.222 e. The lowest BCUT2D eigenvalue weighted by Gasteiger charge is -2.13. The first-order valence-corrected chi connectivity index (χ1v) is 9.40. The molecule has 6 heteroatoms. The summed E-state index contributed by atoms with van der Waals surface area (Å²) in [5.41, 5.74) is 6.10. The molecule has 0 fully saturated rings. The zero-order valence-corrected chi connectivity index (χ0v) is 16.9. The number of pyridine rings is 1. The van der Waals surface area contributed by atoms with E-state index in [0.717, 1.165) is 45.8 Å². The van der Waals surface area contributed by atoms with Gasteiger partial charge in [-0.15, -0.1) is 0 Å². The average molecular weight is 368 g/mol. The summed E-state index contributed by atoms with van der Waals surface area (Å²) in [7, 11) is 3.59. The summed E-state index contributed by atoms with van der Waals surface area (Å²) in [6, 6.07) is 4.03. The fraction of sp³-hybridized carbons (Fsp3) is 0.476. The van der Waals surface area contributed by atoms with Gasteiger partial charge in [0.2, 0.25) is 5.88 Å². The van der Waals surface area contributed by atoms with Crippen LogP contribution in [-0.4, -0.2) is 38.3 Å². The van der Waals surface area contributed by atoms with E-state index in [1.165, 1.54) is 0 Å². The van der Waals surface area contributed by atoms with E-state index in [9.17, 15) is 5.11 Å². The van der Waals surface area contributed by atoms with Gasteiger partial charge in [-0.05, 0) is 31.4 Å². The molecule has 3 aromatic rings. The Morgan fingerprint density at radius 2 is 1.93 bits per heavy atom. The van der Waals surface area contributed by atoms with Crippen LogP contribution < -0.4 is 4.74 Å². The predicted octanol–water partition coefficient (Wildman–Crippen LogP) is 3.96. The van der Waals surface area contributed by atoms with Crippen molar-refractivity contribution < 1.29 is 9.84 Å². The highest BCUT2D eigenvalue weighted by molar-refractivity contribution is 5.81. The van der Waals surface area contributed by atoms with Crippen molar-refractivity contribution in [2.75, 3.05) is 13.7 Å². The summed E-state index contributed by atoms with van der Waals surface area (Å²) in [6.45, 7) is 8.34. The highest BCUT2D eigenvalue weighted by Crippen LogP contribution is 2.34. The van der Waals surface area contributed by atoms with Crippen LogP contribution in [0.25, 0.3) is 22.4 Å². The molecule has 0 radical (unpaired) electrons. The molecule has 0 aliphatic carbocycles. The Hall–Kier alpha value is -2.47. The Morgan fingerprint density at radius 3 is 2.52 bits per heavy atom. The number of nitrogens with zero attached hydrogens (tertiary/aromatic N) is 4. The third kappa shape index (κ3) is 3.41. The van der Waals surface area contributed by atoms with Crippen LogP contribution in [-0.2, 0) is 7.05 Å². The molecule has 27 heavy (non-hydrogen) atoms. The van der Waals surface area contributed by atoms with E-state index in [0.29, 0.717) is 11.8 Å². The first-order valence-electron chi connectivity index (χ1n) is 9.40. The van der Waals surface area contributed by atoms with E-state index < -0.39 is 0 Å². The molecule has 1 N–H and O–H groups in total. The van der Waals surface area contributed by atoms with E-state index in [-0.39, 0.29) is 12.5 Å². The molecule has 0 amide bonds. The fourth-order valence-corrected chi connectivity index (χ4v) is 3.39. The third-order valence-electron chi connectivity index (χ3n) is 5.07. The van der Waals surface area contributed by atoms with E-state index in [1.807, 2.05) is 36.9 Å². The number of hydrogen-bond donors (Lipinski definition) is 1. The Balaban J connectivity index is 2.20. The van der Waals surface area contributed by atoms with Gasteiger partial charge in [-0.3, -0.25) is 0 Å². The maximum absolute atomic E-state index is 9.71. The van der Waals surface area contributed by atoms with Crippen LogP contribution in [0.5, 0.6) is 5.88 Å². The van der Waals surface area contributed by atoms with Crippen molar-refractivity contribution in [1.82, 2.24) is 19.5 Å². The standard InChI is InChI=1S/C21H28N4O2/c1-7-14(11-26)16-10-25(5)20-19(16)22-13(4)18(24-20)15-8-9-17(12(2)3)23-21(15)27-6/h8-10,12,14,26H,7,11H2,1-6H3/t14-/m0/s1. The van der Waals surface area contributed by atoms with Crippen molar-refractivity contribution in [3.63, 3.8) is 0 Å². The zero-order valence-electron chi connectivity index (χ0n) is 16.9. The topological polar surface area (TPSA) is 73.1 Å². The number of aromatic nitrogens is 4. The zero-order chi connectivity index (χ0) is 19.7. The Bertz CT molecular complexity index is 958. The van der Waals surface area contributed by atoms with Crippen molar-refractivity contribution >= 4 is 11.2 Å². The number of aliphatic hydroxyl groups is 1. The van der Waals surface area contributed by atoms with Gasteiger partial charge in [0.1, 0.15) is 5.52 Å². The van der Waals surface area contributed by atoms with Gasteiger partial charge >= 0.3 is 0 Å². The molecule has 0 aliphatic rings. The van der Waals surface area contributed by atoms with Gasteiger partial charge in [-0.25, -0.2) is 15.0 Å². The largest absolute Gasteiger partial charge is 0.480 e. The first kappa shape index (κ1) is 19.3. The number of ether oxygens (including phenoxy) is 1. The summed E-state index contributed by atoms with van der Waals surface area (Å²) in [5.74, 6) is 0.950. The smallest absolute Gasteiger partial charge is 0.222 e. The molecular weight excluding hydrogens is 340 g/mol. The van der Waals surface area contributed by atoms with Gasteiger partial charge in [0, 0.05) is 30.4 Å². The van der Waals surface area contributed by atoms with Crippen LogP contribution in [0.4, 0.5) is 0 Å². The summed E-state index contributed by atoms with van der Waals surface area (Å²) in [5, 5.41) is 9.71. The number of fused-ring (bicyclic) bond motifs is 1. The molecule has 3 heterocycles. The van der Waals surface area contributed by atoms with Crippen LogP contribution in [0.1, 0.15) is 56.0 Å². The molecule has 144 valence electrons. The predicted molar refractivity (Wildman–Crippen MR) is 107 cm³/mol. The second-order valence-electron chi connectivity index (χ2n) is 7.26. The minimum absolute atomic E-state index is 0.0646. The van der Waals surface area contributed by atoms with Crippen molar-refractivity contribution in [1.29, 1.82) is 0 Å². The summed E-state index contributed by atoms with van der Waals surface area (Å²) >= 11 is 0. The normalized spacial score (nSPS) is 12.7. The first-order chi connectivity index (χ1) is 12.9. The van der Waals surface area contributed by atoms with Crippen molar-refractivity contribution in [2.24, 2.45) is 7.05 Å². The molecule has 0 spiro atoms. The molecular formula is C21H28N4O2. The number of hydrogen-bond acceptors (Lipinski definition) is 5. The van der Waals surface area contributed by atoms with Crippen LogP contribution in [0.3, 0.4) is 0 Å². The third-order valence-corrected chi connectivity index (χ3v) is 5.07. The van der Waals surface area contributed by atoms with Crippen molar-refractivity contribution in [3.05, 3.63) is 35.3 Å². The van der Waals surface area contributed by atoms with Gasteiger partial charge in [0.05, 0.1) is 30.7 Å². The van der Waals surface area contributed by atoms with Crippen molar-refractivity contribution in [2.45, 2.75) is 46.0 Å². The molecule has 0 unspecified atom stereocenters. The van der Waals surface area contributed by atoms with E-state index in [1.54, 1.807) is 7.11 Å². The Kier molecular flexibility index (Phi) is 5.46. The van der Waals surface area contributed by atoms with Gasteiger partial charge < -0.3 is 14.4 Å². The lowest BCUT2D eigenvalue weighted by Crippen LogP contribution is -2.04. The number of aryl methyl sites for hydroxylation is 2. The number of methoxy groups -OCH3 is 1. The fourth-order valence-electron chi connectivity index (χ4n) is 3.39. The molecule has 0 bridgehead atoms. The molecule has 6 nitrogen and oxygen atoms in total. The molecule has 0 saturated heterocycles. The van der Waals surface area contributed by atoms with Gasteiger partial charge in [0.25, 0.3) is 0 Å². The van der Waals surface area contributed by atoms with Crippen LogP contribution in [0.2, 0.25) is 0 Å². The SMILES string of the molecule is CC[C@@H](CO)c1cn(C)c2nc(-c3ccc(C(C)C)nc3OC)c(C)nc12. The Morgan fingerprint density at radius 1 is 1.19 bits per heavy atom. The van der Waals surface area contributed by atoms with E-state index in [2.05, 4.69) is 25.8 Å². The summed E-state index contributed by atoms with van der Waals surface area (Å²) in [4.78, 5) is 14.4. The van der Waals surface area contributed by atoms with Crippen LogP contribution >= 0.6 is 0 Å². The molecule has 0 aliphatic heterocycles. The summed E-state index contributed by atoms with van der Waals surface area (Å²) in [6.07, 6.45) is 2.88. The highest BCUT2D eigenvalue weighted by Gasteiger charge is 2.21. The number of aliphatic hydroxyl groups excluding tert-OH is 1. The van der Waals surface area contributed by atoms with Crippen molar-refractivity contribution in [3.8, 4) is 17.1 Å². The molecule has 3 aromatic heterocycles. The van der Waals surface area contributed by atoms with Gasteiger partial charge in [0.15, 0.2) is 5.65 Å². The molecule has 3 rings (SSSR count). The number of rotatable bonds is 6. The molecule has 0 aromatic carbocycles. The lowest BCUT2D eigenvalue weighted by atomic mass is 9.99. The van der Waals surface area contributed by atoms with E-state index >= 15 is 0 Å². The van der Waals surface area contributed by atoms with Gasteiger partial charge in [-0.1, -0.05) is 20.8 Å². The quantitative estimate of drug-likeness (QED) is 0.713. The van der Waals surface area contributed by atoms with Gasteiger partial charge in [-0.2, -0.15) is 0 Å². The second kappa shape index (κ2) is 7.64. The average Bonchev–Trinajstić information content (AvgIpc) is 2.97.